The lowest BCUT2D eigenvalue weighted by molar-refractivity contribution is 0.0713. The Hall–Kier alpha value is -0.650. The molecule has 1 N–H and O–H groups in total. The van der Waals surface area contributed by atoms with Crippen LogP contribution in [-0.2, 0) is 6.42 Å². The van der Waals surface area contributed by atoms with Gasteiger partial charge in [-0.2, -0.15) is 5.10 Å². The molecule has 0 aliphatic carbocycles. The molecule has 1 aromatic heterocycles. The van der Waals surface area contributed by atoms with Crippen LogP contribution in [0.2, 0.25) is 0 Å². The molecule has 2 rings (SSSR count). The van der Waals surface area contributed by atoms with Gasteiger partial charge in [-0.25, -0.2) is 13.5 Å². The first kappa shape index (κ1) is 13.8. The standard InChI is InChI=1S/C12H18BrF2N3/c1-7(2)3-4-8-10(13)12-16-6-5-9(11(14)15)18(12)17-8/h7,9,11,16H,3-6H2,1-2H3. The fraction of sp³-hybridized carbons (Fsp3) is 0.750. The molecule has 0 amide bonds. The van der Waals surface area contributed by atoms with Gasteiger partial charge in [-0.15, -0.1) is 0 Å². The average Bonchev–Trinajstić information content (AvgIpc) is 2.63. The Bertz CT molecular complexity index is 418. The van der Waals surface area contributed by atoms with E-state index in [1.165, 1.54) is 4.68 Å². The van der Waals surface area contributed by atoms with Crippen molar-refractivity contribution in [2.45, 2.75) is 45.6 Å². The van der Waals surface area contributed by atoms with Crippen LogP contribution in [0.25, 0.3) is 0 Å². The molecule has 3 nitrogen and oxygen atoms in total. The van der Waals surface area contributed by atoms with E-state index in [1.807, 2.05) is 0 Å². The number of rotatable bonds is 4. The summed E-state index contributed by atoms with van der Waals surface area (Å²) >= 11 is 3.47. The van der Waals surface area contributed by atoms with Gasteiger partial charge in [0.2, 0.25) is 0 Å². The Morgan fingerprint density at radius 2 is 2.22 bits per heavy atom. The maximum Gasteiger partial charge on any atom is 0.260 e. The van der Waals surface area contributed by atoms with E-state index in [1.54, 1.807) is 0 Å². The van der Waals surface area contributed by atoms with Gasteiger partial charge < -0.3 is 5.32 Å². The molecule has 18 heavy (non-hydrogen) atoms. The normalized spacial score (nSPS) is 19.2. The molecular weight excluding hydrogens is 304 g/mol. The van der Waals surface area contributed by atoms with Crippen LogP contribution in [0.1, 0.15) is 38.4 Å². The van der Waals surface area contributed by atoms with Crippen molar-refractivity contribution in [1.29, 1.82) is 0 Å². The quantitative estimate of drug-likeness (QED) is 0.912. The molecule has 2 heterocycles. The van der Waals surface area contributed by atoms with Crippen LogP contribution in [0.4, 0.5) is 14.6 Å². The topological polar surface area (TPSA) is 29.9 Å². The van der Waals surface area contributed by atoms with E-state index < -0.39 is 12.5 Å². The lowest BCUT2D eigenvalue weighted by Crippen LogP contribution is -2.28. The van der Waals surface area contributed by atoms with E-state index in [2.05, 4.69) is 40.2 Å². The van der Waals surface area contributed by atoms with Crippen LogP contribution >= 0.6 is 15.9 Å². The summed E-state index contributed by atoms with van der Waals surface area (Å²) in [6, 6.07) is -0.801. The third-order valence-electron chi connectivity index (χ3n) is 3.21. The summed E-state index contributed by atoms with van der Waals surface area (Å²) in [5, 5.41) is 7.50. The molecule has 0 fully saturated rings. The van der Waals surface area contributed by atoms with E-state index >= 15 is 0 Å². The van der Waals surface area contributed by atoms with Crippen LogP contribution in [-0.4, -0.2) is 22.8 Å². The molecule has 1 aliphatic heterocycles. The first-order valence-corrected chi connectivity index (χ1v) is 7.09. The minimum Gasteiger partial charge on any atom is -0.369 e. The zero-order chi connectivity index (χ0) is 13.3. The number of aryl methyl sites for hydroxylation is 1. The fourth-order valence-corrected chi connectivity index (χ4v) is 2.74. The fourth-order valence-electron chi connectivity index (χ4n) is 2.14. The van der Waals surface area contributed by atoms with Crippen molar-refractivity contribution in [2.75, 3.05) is 11.9 Å². The van der Waals surface area contributed by atoms with E-state index in [-0.39, 0.29) is 0 Å². The summed E-state index contributed by atoms with van der Waals surface area (Å²) in [6.45, 7) is 4.86. The number of nitrogens with one attached hydrogen (secondary N) is 1. The van der Waals surface area contributed by atoms with Crippen molar-refractivity contribution < 1.29 is 8.78 Å². The van der Waals surface area contributed by atoms with Crippen LogP contribution in [0.15, 0.2) is 4.47 Å². The van der Waals surface area contributed by atoms with Gasteiger partial charge in [0.25, 0.3) is 6.43 Å². The molecule has 0 bridgehead atoms. The van der Waals surface area contributed by atoms with Gasteiger partial charge in [-0.3, -0.25) is 0 Å². The zero-order valence-corrected chi connectivity index (χ0v) is 12.2. The first-order chi connectivity index (χ1) is 8.50. The maximum atomic E-state index is 13.0. The molecule has 0 saturated carbocycles. The Morgan fingerprint density at radius 1 is 1.50 bits per heavy atom. The minimum atomic E-state index is -2.37. The van der Waals surface area contributed by atoms with Gasteiger partial charge in [0.1, 0.15) is 11.9 Å². The third-order valence-corrected chi connectivity index (χ3v) is 4.05. The van der Waals surface area contributed by atoms with E-state index in [0.29, 0.717) is 24.7 Å². The second-order valence-electron chi connectivity index (χ2n) is 5.10. The van der Waals surface area contributed by atoms with Crippen LogP contribution < -0.4 is 5.32 Å². The lowest BCUT2D eigenvalue weighted by Gasteiger charge is -2.24. The van der Waals surface area contributed by atoms with Crippen molar-refractivity contribution in [3.05, 3.63) is 10.2 Å². The van der Waals surface area contributed by atoms with Crippen molar-refractivity contribution in [2.24, 2.45) is 5.92 Å². The monoisotopic (exact) mass is 321 g/mol. The molecule has 102 valence electrons. The van der Waals surface area contributed by atoms with Crippen molar-refractivity contribution in [3.63, 3.8) is 0 Å². The van der Waals surface area contributed by atoms with Gasteiger partial charge in [0.05, 0.1) is 10.2 Å². The summed E-state index contributed by atoms with van der Waals surface area (Å²) in [4.78, 5) is 0. The highest BCUT2D eigenvalue weighted by molar-refractivity contribution is 9.10. The summed E-state index contributed by atoms with van der Waals surface area (Å²) in [5.41, 5.74) is 0.874. The summed E-state index contributed by atoms with van der Waals surface area (Å²) in [6.07, 6.45) is -0.122. The highest BCUT2D eigenvalue weighted by Crippen LogP contribution is 2.36. The van der Waals surface area contributed by atoms with Gasteiger partial charge in [0.15, 0.2) is 0 Å². The molecule has 0 spiro atoms. The number of aromatic nitrogens is 2. The van der Waals surface area contributed by atoms with Crippen LogP contribution in [0.5, 0.6) is 0 Å². The highest BCUT2D eigenvalue weighted by atomic mass is 79.9. The smallest absolute Gasteiger partial charge is 0.260 e. The molecule has 0 saturated heterocycles. The molecule has 1 unspecified atom stereocenters. The van der Waals surface area contributed by atoms with E-state index in [0.717, 1.165) is 23.0 Å². The van der Waals surface area contributed by atoms with Gasteiger partial charge in [-0.1, -0.05) is 13.8 Å². The molecule has 1 atom stereocenters. The highest BCUT2D eigenvalue weighted by Gasteiger charge is 2.31. The zero-order valence-electron chi connectivity index (χ0n) is 10.6. The summed E-state index contributed by atoms with van der Waals surface area (Å²) in [7, 11) is 0. The predicted octanol–water partition coefficient (Wildman–Crippen LogP) is 3.86. The first-order valence-electron chi connectivity index (χ1n) is 6.29. The SMILES string of the molecule is CC(C)CCc1nn2c(c1Br)NCCC2C(F)F. The average molecular weight is 322 g/mol. The number of nitrogens with zero attached hydrogens (tertiary/aromatic N) is 2. The Morgan fingerprint density at radius 3 is 2.83 bits per heavy atom. The van der Waals surface area contributed by atoms with Gasteiger partial charge >= 0.3 is 0 Å². The third kappa shape index (κ3) is 2.68. The number of hydrogen-bond acceptors (Lipinski definition) is 2. The molecule has 1 aromatic rings. The van der Waals surface area contributed by atoms with Crippen LogP contribution in [0, 0.1) is 5.92 Å². The van der Waals surface area contributed by atoms with E-state index in [9.17, 15) is 8.78 Å². The molecule has 0 radical (unpaired) electrons. The number of alkyl halides is 2. The number of halogens is 3. The number of hydrogen-bond donors (Lipinski definition) is 1. The van der Waals surface area contributed by atoms with E-state index in [4.69, 9.17) is 0 Å². The molecule has 1 aliphatic rings. The lowest BCUT2D eigenvalue weighted by atomic mass is 10.1. The summed E-state index contributed by atoms with van der Waals surface area (Å²) in [5.74, 6) is 1.28. The largest absolute Gasteiger partial charge is 0.369 e. The minimum absolute atomic E-state index is 0.419. The van der Waals surface area contributed by atoms with Crippen molar-refractivity contribution >= 4 is 21.7 Å². The Labute approximate surface area is 114 Å². The Balaban J connectivity index is 2.25. The molecule has 6 heteroatoms. The second kappa shape index (κ2) is 5.55. The van der Waals surface area contributed by atoms with Crippen molar-refractivity contribution in [1.82, 2.24) is 9.78 Å². The predicted molar refractivity (Wildman–Crippen MR) is 71.2 cm³/mol. The maximum absolute atomic E-state index is 13.0. The van der Waals surface area contributed by atoms with Gasteiger partial charge in [0, 0.05) is 6.54 Å². The number of fused-ring (bicyclic) bond motifs is 1. The molecular formula is C12H18BrF2N3. The van der Waals surface area contributed by atoms with Crippen LogP contribution in [0.3, 0.4) is 0 Å². The second-order valence-corrected chi connectivity index (χ2v) is 5.90. The Kier molecular flexibility index (Phi) is 4.25. The number of anilines is 1. The molecule has 0 aromatic carbocycles. The van der Waals surface area contributed by atoms with Crippen molar-refractivity contribution in [3.8, 4) is 0 Å². The summed E-state index contributed by atoms with van der Waals surface area (Å²) < 4.78 is 28.2. The van der Waals surface area contributed by atoms with Gasteiger partial charge in [-0.05, 0) is 41.1 Å².